The number of rotatable bonds is 2. The fraction of sp³-hybridized carbons (Fsp3) is 0.364. The first-order valence-electron chi connectivity index (χ1n) is 4.82. The molecule has 2 rings (SSSR count). The molecule has 0 spiro atoms. The molecule has 0 aliphatic carbocycles. The van der Waals surface area contributed by atoms with Gasteiger partial charge in [-0.3, -0.25) is 0 Å². The molecule has 0 unspecified atom stereocenters. The average Bonchev–Trinajstić information content (AvgIpc) is 2.42. The minimum Gasteiger partial charge on any atom is -0.491 e. The van der Waals surface area contributed by atoms with Gasteiger partial charge in [-0.2, -0.15) is 0 Å². The van der Waals surface area contributed by atoms with Crippen molar-refractivity contribution in [1.29, 1.82) is 0 Å². The molecule has 1 aromatic rings. The number of para-hydroxylation sites is 2. The van der Waals surface area contributed by atoms with E-state index in [0.29, 0.717) is 6.54 Å². The lowest BCUT2D eigenvalue weighted by Gasteiger charge is -2.20. The predicted molar refractivity (Wildman–Crippen MR) is 54.8 cm³/mol. The number of carbonyl (C=O) groups excluding carboxylic acids is 1. The molecule has 0 fully saturated rings. The highest BCUT2D eigenvalue weighted by atomic mass is 16.5. The highest BCUT2D eigenvalue weighted by Crippen LogP contribution is 2.29. The van der Waals surface area contributed by atoms with E-state index in [2.05, 4.69) is 4.90 Å². The molecule has 3 heteroatoms. The fourth-order valence-electron chi connectivity index (χ4n) is 1.68. The zero-order valence-electron chi connectivity index (χ0n) is 7.98. The van der Waals surface area contributed by atoms with Crippen molar-refractivity contribution in [1.82, 2.24) is 0 Å². The standard InChI is InChI=1S/C11H13NO2/c13-8-7-12-6-3-9-14-11-5-2-1-4-10(11)12/h1-2,4-5,8H,3,6-7,9H2. The summed E-state index contributed by atoms with van der Waals surface area (Å²) < 4.78 is 5.57. The van der Waals surface area contributed by atoms with Gasteiger partial charge in [-0.05, 0) is 18.6 Å². The number of hydrogen-bond acceptors (Lipinski definition) is 3. The van der Waals surface area contributed by atoms with Gasteiger partial charge in [0.25, 0.3) is 0 Å². The van der Waals surface area contributed by atoms with Crippen LogP contribution in [0.25, 0.3) is 0 Å². The van der Waals surface area contributed by atoms with E-state index in [9.17, 15) is 4.79 Å². The zero-order valence-corrected chi connectivity index (χ0v) is 7.98. The molecule has 1 aromatic carbocycles. The molecule has 14 heavy (non-hydrogen) atoms. The van der Waals surface area contributed by atoms with Crippen molar-refractivity contribution in [3.63, 3.8) is 0 Å². The Morgan fingerprint density at radius 1 is 1.43 bits per heavy atom. The quantitative estimate of drug-likeness (QED) is 0.663. The fourth-order valence-corrected chi connectivity index (χ4v) is 1.68. The van der Waals surface area contributed by atoms with Gasteiger partial charge in [0.1, 0.15) is 12.0 Å². The molecule has 0 atom stereocenters. The number of hydrogen-bond donors (Lipinski definition) is 0. The highest BCUT2D eigenvalue weighted by molar-refractivity contribution is 5.66. The van der Waals surface area contributed by atoms with Gasteiger partial charge in [0.15, 0.2) is 0 Å². The van der Waals surface area contributed by atoms with E-state index < -0.39 is 0 Å². The van der Waals surface area contributed by atoms with E-state index in [1.807, 2.05) is 24.3 Å². The van der Waals surface area contributed by atoms with Crippen molar-refractivity contribution in [2.24, 2.45) is 0 Å². The van der Waals surface area contributed by atoms with Gasteiger partial charge in [-0.1, -0.05) is 12.1 Å². The van der Waals surface area contributed by atoms with E-state index in [-0.39, 0.29) is 0 Å². The zero-order chi connectivity index (χ0) is 9.80. The van der Waals surface area contributed by atoms with Gasteiger partial charge < -0.3 is 14.4 Å². The molecule has 3 nitrogen and oxygen atoms in total. The summed E-state index contributed by atoms with van der Waals surface area (Å²) in [6, 6.07) is 7.84. The van der Waals surface area contributed by atoms with Gasteiger partial charge in [0.2, 0.25) is 0 Å². The Hall–Kier alpha value is -1.51. The van der Waals surface area contributed by atoms with Crippen molar-refractivity contribution in [3.05, 3.63) is 24.3 Å². The summed E-state index contributed by atoms with van der Waals surface area (Å²) in [5.41, 5.74) is 1.03. The Bertz CT molecular complexity index is 325. The van der Waals surface area contributed by atoms with Crippen molar-refractivity contribution in [2.45, 2.75) is 6.42 Å². The summed E-state index contributed by atoms with van der Waals surface area (Å²) in [7, 11) is 0. The molecular formula is C11H13NO2. The average molecular weight is 191 g/mol. The second kappa shape index (κ2) is 4.13. The Labute approximate surface area is 83.3 Å². The lowest BCUT2D eigenvalue weighted by molar-refractivity contribution is -0.106. The lowest BCUT2D eigenvalue weighted by atomic mass is 10.2. The molecule has 0 aromatic heterocycles. The third-order valence-electron chi connectivity index (χ3n) is 2.33. The molecule has 0 saturated heterocycles. The number of anilines is 1. The molecule has 0 bridgehead atoms. The summed E-state index contributed by atoms with van der Waals surface area (Å²) in [6.07, 6.45) is 1.89. The van der Waals surface area contributed by atoms with E-state index in [1.165, 1.54) is 0 Å². The highest BCUT2D eigenvalue weighted by Gasteiger charge is 2.14. The second-order valence-corrected chi connectivity index (χ2v) is 3.28. The predicted octanol–water partition coefficient (Wildman–Crippen LogP) is 1.47. The molecule has 1 aliphatic heterocycles. The van der Waals surface area contributed by atoms with Crippen LogP contribution in [-0.4, -0.2) is 26.0 Å². The summed E-state index contributed by atoms with van der Waals surface area (Å²) >= 11 is 0. The van der Waals surface area contributed by atoms with Gasteiger partial charge in [-0.15, -0.1) is 0 Å². The van der Waals surface area contributed by atoms with Gasteiger partial charge >= 0.3 is 0 Å². The maximum absolute atomic E-state index is 10.5. The van der Waals surface area contributed by atoms with Crippen molar-refractivity contribution in [2.75, 3.05) is 24.6 Å². The van der Waals surface area contributed by atoms with Crippen LogP contribution < -0.4 is 9.64 Å². The number of ether oxygens (including phenoxy) is 1. The molecule has 1 heterocycles. The first kappa shape index (κ1) is 9.06. The Balaban J connectivity index is 2.31. The number of aldehydes is 1. The van der Waals surface area contributed by atoms with Crippen molar-refractivity contribution >= 4 is 12.0 Å². The first-order valence-corrected chi connectivity index (χ1v) is 4.82. The minimum atomic E-state index is 0.445. The number of benzene rings is 1. The molecular weight excluding hydrogens is 178 g/mol. The maximum Gasteiger partial charge on any atom is 0.142 e. The van der Waals surface area contributed by atoms with Crippen LogP contribution in [0.2, 0.25) is 0 Å². The Morgan fingerprint density at radius 2 is 2.29 bits per heavy atom. The van der Waals surface area contributed by atoms with Gasteiger partial charge in [0.05, 0.1) is 18.8 Å². The maximum atomic E-state index is 10.5. The Kier molecular flexibility index (Phi) is 2.68. The number of fused-ring (bicyclic) bond motifs is 1. The lowest BCUT2D eigenvalue weighted by Crippen LogP contribution is -2.25. The third kappa shape index (κ3) is 1.71. The first-order chi connectivity index (χ1) is 6.92. The summed E-state index contributed by atoms with van der Waals surface area (Å²) in [6.45, 7) is 2.06. The van der Waals surface area contributed by atoms with Crippen LogP contribution in [0.4, 0.5) is 5.69 Å². The largest absolute Gasteiger partial charge is 0.491 e. The molecule has 74 valence electrons. The summed E-state index contributed by atoms with van der Waals surface area (Å²) in [4.78, 5) is 12.6. The molecule has 0 radical (unpaired) electrons. The van der Waals surface area contributed by atoms with Crippen molar-refractivity contribution < 1.29 is 9.53 Å². The van der Waals surface area contributed by atoms with Crippen LogP contribution in [0.5, 0.6) is 5.75 Å². The van der Waals surface area contributed by atoms with Crippen LogP contribution >= 0.6 is 0 Å². The van der Waals surface area contributed by atoms with Crippen LogP contribution in [0.3, 0.4) is 0 Å². The minimum absolute atomic E-state index is 0.445. The third-order valence-corrected chi connectivity index (χ3v) is 2.33. The number of nitrogens with zero attached hydrogens (tertiary/aromatic N) is 1. The second-order valence-electron chi connectivity index (χ2n) is 3.28. The van der Waals surface area contributed by atoms with Gasteiger partial charge in [0, 0.05) is 6.54 Å². The monoisotopic (exact) mass is 191 g/mol. The smallest absolute Gasteiger partial charge is 0.142 e. The van der Waals surface area contributed by atoms with Crippen LogP contribution in [-0.2, 0) is 4.79 Å². The summed E-state index contributed by atoms with van der Waals surface area (Å²) in [5.74, 6) is 0.881. The van der Waals surface area contributed by atoms with E-state index in [4.69, 9.17) is 4.74 Å². The van der Waals surface area contributed by atoms with Crippen LogP contribution in [0.1, 0.15) is 6.42 Å². The normalized spacial score (nSPS) is 15.3. The topological polar surface area (TPSA) is 29.5 Å². The van der Waals surface area contributed by atoms with E-state index in [1.54, 1.807) is 0 Å². The molecule has 0 N–H and O–H groups in total. The summed E-state index contributed by atoms with van der Waals surface area (Å²) in [5, 5.41) is 0. The number of carbonyl (C=O) groups is 1. The van der Waals surface area contributed by atoms with Crippen molar-refractivity contribution in [3.8, 4) is 5.75 Å². The van der Waals surface area contributed by atoms with Crippen LogP contribution in [0, 0.1) is 0 Å². The molecule has 1 aliphatic rings. The van der Waals surface area contributed by atoms with Crippen LogP contribution in [0.15, 0.2) is 24.3 Å². The Morgan fingerprint density at radius 3 is 3.14 bits per heavy atom. The SMILES string of the molecule is O=CCN1CCCOc2ccccc21. The van der Waals surface area contributed by atoms with E-state index >= 15 is 0 Å². The molecule has 0 saturated carbocycles. The van der Waals surface area contributed by atoms with E-state index in [0.717, 1.165) is 37.3 Å². The van der Waals surface area contributed by atoms with Gasteiger partial charge in [-0.25, -0.2) is 0 Å². The molecule has 0 amide bonds.